The summed E-state index contributed by atoms with van der Waals surface area (Å²) in [4.78, 5) is 4.36. The summed E-state index contributed by atoms with van der Waals surface area (Å²) in [6.45, 7) is 4.96. The number of rotatable bonds is 1. The molecule has 0 aliphatic carbocycles. The highest BCUT2D eigenvalue weighted by Crippen LogP contribution is 2.10. The Hall–Kier alpha value is -1.38. The van der Waals surface area contributed by atoms with Gasteiger partial charge in [0.15, 0.2) is 0 Å². The van der Waals surface area contributed by atoms with Crippen LogP contribution in [0.1, 0.15) is 12.6 Å². The maximum atomic E-state index is 4.36. The Morgan fingerprint density at radius 1 is 1.42 bits per heavy atom. The standard InChI is InChI=1S/C9H11N3/c1-3-12-9-5-4-7(2)11-8(9)6-10-12/h4-6H,3H2,1-2H3. The topological polar surface area (TPSA) is 30.7 Å². The van der Waals surface area contributed by atoms with Gasteiger partial charge < -0.3 is 0 Å². The summed E-state index contributed by atoms with van der Waals surface area (Å²) in [5, 5.41) is 4.21. The lowest BCUT2D eigenvalue weighted by atomic mass is 10.3. The Kier molecular flexibility index (Phi) is 1.57. The number of hydrogen-bond acceptors (Lipinski definition) is 2. The molecule has 2 aromatic heterocycles. The molecule has 0 fully saturated rings. The molecular weight excluding hydrogens is 150 g/mol. The van der Waals surface area contributed by atoms with Crippen LogP contribution in [0.25, 0.3) is 11.0 Å². The molecule has 0 radical (unpaired) electrons. The molecule has 2 heterocycles. The molecule has 3 heteroatoms. The monoisotopic (exact) mass is 161 g/mol. The maximum Gasteiger partial charge on any atom is 0.109 e. The molecule has 0 unspecified atom stereocenters. The fourth-order valence-electron chi connectivity index (χ4n) is 1.32. The third kappa shape index (κ3) is 0.978. The molecule has 0 spiro atoms. The first-order chi connectivity index (χ1) is 5.81. The van der Waals surface area contributed by atoms with E-state index >= 15 is 0 Å². The van der Waals surface area contributed by atoms with Crippen molar-refractivity contribution in [1.82, 2.24) is 14.8 Å². The van der Waals surface area contributed by atoms with Gasteiger partial charge in [0.25, 0.3) is 0 Å². The van der Waals surface area contributed by atoms with Crippen LogP contribution in [0.5, 0.6) is 0 Å². The van der Waals surface area contributed by atoms with E-state index in [4.69, 9.17) is 0 Å². The highest BCUT2D eigenvalue weighted by molar-refractivity contribution is 5.73. The zero-order valence-electron chi connectivity index (χ0n) is 7.28. The van der Waals surface area contributed by atoms with E-state index in [9.17, 15) is 0 Å². The SMILES string of the molecule is CCn1ncc2nc(C)ccc21. The molecular formula is C9H11N3. The zero-order valence-corrected chi connectivity index (χ0v) is 7.28. The third-order valence-corrected chi connectivity index (χ3v) is 1.94. The number of fused-ring (bicyclic) bond motifs is 1. The largest absolute Gasteiger partial charge is 0.264 e. The van der Waals surface area contributed by atoms with E-state index in [1.54, 1.807) is 0 Å². The number of aromatic nitrogens is 3. The minimum absolute atomic E-state index is 0.897. The molecule has 0 aliphatic heterocycles. The quantitative estimate of drug-likeness (QED) is 0.638. The van der Waals surface area contributed by atoms with Gasteiger partial charge in [-0.2, -0.15) is 5.10 Å². The van der Waals surface area contributed by atoms with Crippen LogP contribution in [-0.2, 0) is 6.54 Å². The van der Waals surface area contributed by atoms with Crippen LogP contribution >= 0.6 is 0 Å². The van der Waals surface area contributed by atoms with E-state index in [-0.39, 0.29) is 0 Å². The molecule has 0 aliphatic rings. The number of pyridine rings is 1. The molecule has 0 atom stereocenters. The number of aryl methyl sites for hydroxylation is 2. The predicted molar refractivity (Wildman–Crippen MR) is 47.9 cm³/mol. The molecule has 0 N–H and O–H groups in total. The van der Waals surface area contributed by atoms with E-state index in [1.165, 1.54) is 0 Å². The normalized spacial score (nSPS) is 10.8. The van der Waals surface area contributed by atoms with Crippen LogP contribution in [0.4, 0.5) is 0 Å². The lowest BCUT2D eigenvalue weighted by molar-refractivity contribution is 0.684. The molecule has 0 amide bonds. The average Bonchev–Trinajstić information content (AvgIpc) is 2.46. The van der Waals surface area contributed by atoms with Crippen molar-refractivity contribution in [2.75, 3.05) is 0 Å². The summed E-state index contributed by atoms with van der Waals surface area (Å²) in [6, 6.07) is 4.07. The second-order valence-corrected chi connectivity index (χ2v) is 2.82. The van der Waals surface area contributed by atoms with Gasteiger partial charge in [-0.15, -0.1) is 0 Å². The van der Waals surface area contributed by atoms with Gasteiger partial charge in [0.2, 0.25) is 0 Å². The van der Waals surface area contributed by atoms with E-state index < -0.39 is 0 Å². The van der Waals surface area contributed by atoms with Gasteiger partial charge in [0.1, 0.15) is 5.52 Å². The van der Waals surface area contributed by atoms with Gasteiger partial charge in [-0.1, -0.05) is 0 Å². The molecule has 2 aromatic rings. The Bertz CT molecular complexity index is 403. The highest BCUT2D eigenvalue weighted by atomic mass is 15.3. The number of hydrogen-bond donors (Lipinski definition) is 0. The van der Waals surface area contributed by atoms with Crippen LogP contribution in [0, 0.1) is 6.92 Å². The predicted octanol–water partition coefficient (Wildman–Crippen LogP) is 1.76. The fourth-order valence-corrected chi connectivity index (χ4v) is 1.32. The summed E-state index contributed by atoms with van der Waals surface area (Å²) < 4.78 is 1.95. The highest BCUT2D eigenvalue weighted by Gasteiger charge is 2.00. The Morgan fingerprint density at radius 3 is 3.00 bits per heavy atom. The Morgan fingerprint density at radius 2 is 2.25 bits per heavy atom. The summed E-state index contributed by atoms with van der Waals surface area (Å²) >= 11 is 0. The van der Waals surface area contributed by atoms with Crippen molar-refractivity contribution in [3.05, 3.63) is 24.0 Å². The number of nitrogens with zero attached hydrogens (tertiary/aromatic N) is 3. The first-order valence-electron chi connectivity index (χ1n) is 4.10. The van der Waals surface area contributed by atoms with E-state index in [0.29, 0.717) is 0 Å². The third-order valence-electron chi connectivity index (χ3n) is 1.94. The van der Waals surface area contributed by atoms with Crippen molar-refractivity contribution in [3.8, 4) is 0 Å². The molecule has 62 valence electrons. The smallest absolute Gasteiger partial charge is 0.109 e. The van der Waals surface area contributed by atoms with Crippen LogP contribution in [0.3, 0.4) is 0 Å². The molecule has 0 aromatic carbocycles. The van der Waals surface area contributed by atoms with Gasteiger partial charge in [0, 0.05) is 12.2 Å². The first kappa shape index (κ1) is 7.28. The van der Waals surface area contributed by atoms with Gasteiger partial charge in [-0.05, 0) is 26.0 Å². The average molecular weight is 161 g/mol. The Balaban J connectivity index is 2.73. The van der Waals surface area contributed by atoms with Gasteiger partial charge in [0.05, 0.1) is 11.7 Å². The summed E-state index contributed by atoms with van der Waals surface area (Å²) in [5.74, 6) is 0. The van der Waals surface area contributed by atoms with Crippen molar-refractivity contribution >= 4 is 11.0 Å². The minimum atomic E-state index is 0.897. The van der Waals surface area contributed by atoms with Crippen molar-refractivity contribution in [2.45, 2.75) is 20.4 Å². The Labute approximate surface area is 71.0 Å². The fraction of sp³-hybridized carbons (Fsp3) is 0.333. The van der Waals surface area contributed by atoms with Crippen LogP contribution in [-0.4, -0.2) is 14.8 Å². The zero-order chi connectivity index (χ0) is 8.55. The molecule has 2 rings (SSSR count). The van der Waals surface area contributed by atoms with E-state index in [1.807, 2.05) is 23.9 Å². The van der Waals surface area contributed by atoms with Crippen molar-refractivity contribution < 1.29 is 0 Å². The maximum absolute atomic E-state index is 4.36. The molecule has 0 saturated carbocycles. The van der Waals surface area contributed by atoms with E-state index in [2.05, 4.69) is 23.1 Å². The molecule has 3 nitrogen and oxygen atoms in total. The van der Waals surface area contributed by atoms with Gasteiger partial charge in [-0.25, -0.2) is 4.98 Å². The lowest BCUT2D eigenvalue weighted by Gasteiger charge is -1.97. The van der Waals surface area contributed by atoms with Crippen LogP contribution in [0.15, 0.2) is 18.3 Å². The summed E-state index contributed by atoms with van der Waals surface area (Å²) in [6.07, 6.45) is 1.81. The molecule has 0 bridgehead atoms. The van der Waals surface area contributed by atoms with Crippen molar-refractivity contribution in [1.29, 1.82) is 0 Å². The van der Waals surface area contributed by atoms with Gasteiger partial charge in [-0.3, -0.25) is 4.68 Å². The minimum Gasteiger partial charge on any atom is -0.264 e. The summed E-state index contributed by atoms with van der Waals surface area (Å²) in [7, 11) is 0. The summed E-state index contributed by atoms with van der Waals surface area (Å²) in [5.41, 5.74) is 3.14. The van der Waals surface area contributed by atoms with Crippen LogP contribution in [0.2, 0.25) is 0 Å². The second-order valence-electron chi connectivity index (χ2n) is 2.82. The van der Waals surface area contributed by atoms with Crippen molar-refractivity contribution in [2.24, 2.45) is 0 Å². The second kappa shape index (κ2) is 2.59. The van der Waals surface area contributed by atoms with Crippen molar-refractivity contribution in [3.63, 3.8) is 0 Å². The molecule has 0 saturated heterocycles. The van der Waals surface area contributed by atoms with Crippen LogP contribution < -0.4 is 0 Å². The molecule has 12 heavy (non-hydrogen) atoms. The first-order valence-corrected chi connectivity index (χ1v) is 4.10. The van der Waals surface area contributed by atoms with E-state index in [0.717, 1.165) is 23.3 Å². The lowest BCUT2D eigenvalue weighted by Crippen LogP contribution is -1.95. The van der Waals surface area contributed by atoms with Gasteiger partial charge >= 0.3 is 0 Å².